The number of aliphatic hydroxyl groups is 2. The summed E-state index contributed by atoms with van der Waals surface area (Å²) in [5.74, 6) is 0.679. The third kappa shape index (κ3) is 10.3. The molecule has 15 heteroatoms. The van der Waals surface area contributed by atoms with Gasteiger partial charge in [0.1, 0.15) is 39.7 Å². The minimum absolute atomic E-state index is 0.0503. The van der Waals surface area contributed by atoms with E-state index in [9.17, 15) is 18.8 Å². The molecule has 3 rings (SSSR count). The van der Waals surface area contributed by atoms with Gasteiger partial charge in [-0.05, 0) is 32.0 Å². The Balaban J connectivity index is 2.03. The molecule has 0 amide bonds. The van der Waals surface area contributed by atoms with Gasteiger partial charge in [-0.1, -0.05) is 25.1 Å². The third-order valence-corrected chi connectivity index (χ3v) is 8.74. The van der Waals surface area contributed by atoms with Gasteiger partial charge in [0, 0.05) is 43.0 Å². The molecule has 0 aliphatic carbocycles. The van der Waals surface area contributed by atoms with Crippen LogP contribution < -0.4 is 20.1 Å². The average Bonchev–Trinajstić information content (AvgIpc) is 3.07. The average molecular weight is 670 g/mol. The lowest BCUT2D eigenvalue weighted by atomic mass is 10.1. The van der Waals surface area contributed by atoms with Gasteiger partial charge in [-0.25, -0.2) is 13.4 Å². The van der Waals surface area contributed by atoms with Crippen molar-refractivity contribution in [2.45, 2.75) is 25.2 Å². The summed E-state index contributed by atoms with van der Waals surface area (Å²) in [6.45, 7) is 5.68. The molecule has 0 saturated heterocycles. The normalized spacial score (nSPS) is 11.5. The number of sulfone groups is 1. The fourth-order valence-corrected chi connectivity index (χ4v) is 6.12. The van der Waals surface area contributed by atoms with Crippen molar-refractivity contribution in [3.05, 3.63) is 53.6 Å². The van der Waals surface area contributed by atoms with Gasteiger partial charge in [0.25, 0.3) is 0 Å². The molecule has 0 aliphatic heterocycles. The van der Waals surface area contributed by atoms with E-state index in [1.807, 2.05) is 42.2 Å². The molecule has 1 aromatic heterocycles. The van der Waals surface area contributed by atoms with Crippen LogP contribution in [0.4, 0.5) is 28.7 Å². The summed E-state index contributed by atoms with van der Waals surface area (Å²) >= 11 is 0. The van der Waals surface area contributed by atoms with Crippen molar-refractivity contribution >= 4 is 38.5 Å². The summed E-state index contributed by atoms with van der Waals surface area (Å²) in [5, 5.41) is 43.6. The van der Waals surface area contributed by atoms with E-state index in [1.165, 1.54) is 26.4 Å². The van der Waals surface area contributed by atoms with Crippen molar-refractivity contribution in [1.82, 2.24) is 9.88 Å². The first-order valence-electron chi connectivity index (χ1n) is 15.2. The zero-order valence-corrected chi connectivity index (χ0v) is 28.0. The van der Waals surface area contributed by atoms with E-state index < -0.39 is 9.84 Å². The van der Waals surface area contributed by atoms with Crippen LogP contribution in [0.15, 0.2) is 57.6 Å². The molecule has 0 saturated carbocycles. The number of rotatable bonds is 20. The van der Waals surface area contributed by atoms with Crippen LogP contribution in [0.1, 0.15) is 24.5 Å². The smallest absolute Gasteiger partial charge is 0.183 e. The molecule has 2 aromatic carbocycles. The van der Waals surface area contributed by atoms with Crippen molar-refractivity contribution in [2.24, 2.45) is 10.2 Å². The summed E-state index contributed by atoms with van der Waals surface area (Å²) < 4.78 is 43.2. The molecule has 0 aliphatic rings. The lowest BCUT2D eigenvalue weighted by Gasteiger charge is -2.21. The molecule has 254 valence electrons. The molecule has 47 heavy (non-hydrogen) atoms. The minimum Gasteiger partial charge on any atom is -0.495 e. The summed E-state index contributed by atoms with van der Waals surface area (Å²) in [7, 11) is -1.05. The fraction of sp³-hybridized carbons (Fsp3) is 0.438. The molecule has 3 aromatic rings. The van der Waals surface area contributed by atoms with Crippen molar-refractivity contribution in [1.29, 1.82) is 5.26 Å². The maximum absolute atomic E-state index is 13.4. The molecule has 4 N–H and O–H groups in total. The number of ether oxygens (including phenoxy) is 3. The molecule has 1 heterocycles. The molecule has 14 nitrogen and oxygen atoms in total. The second-order valence-electron chi connectivity index (χ2n) is 10.3. The van der Waals surface area contributed by atoms with Crippen LogP contribution >= 0.6 is 0 Å². The number of methoxy groups -OCH3 is 2. The highest BCUT2D eigenvalue weighted by molar-refractivity contribution is 7.91. The second-order valence-corrected chi connectivity index (χ2v) is 12.4. The highest BCUT2D eigenvalue weighted by Gasteiger charge is 2.24. The molecule has 0 bridgehead atoms. The van der Waals surface area contributed by atoms with Crippen LogP contribution in [0, 0.1) is 18.3 Å². The van der Waals surface area contributed by atoms with Gasteiger partial charge in [-0.2, -0.15) is 5.26 Å². The number of aromatic nitrogens is 1. The topological polar surface area (TPSA) is 191 Å². The Hall–Kier alpha value is -4.33. The van der Waals surface area contributed by atoms with Gasteiger partial charge >= 0.3 is 0 Å². The summed E-state index contributed by atoms with van der Waals surface area (Å²) in [5.41, 5.74) is 1.95. The molecular formula is C32H43N7O7S. The Morgan fingerprint density at radius 3 is 2.36 bits per heavy atom. The second kappa shape index (κ2) is 18.7. The Kier molecular flexibility index (Phi) is 14.8. The molecule has 0 spiro atoms. The van der Waals surface area contributed by atoms with Crippen molar-refractivity contribution < 1.29 is 32.8 Å². The van der Waals surface area contributed by atoms with Gasteiger partial charge in [0.15, 0.2) is 15.7 Å². The maximum atomic E-state index is 13.4. The number of hydrogen-bond acceptors (Lipinski definition) is 14. The van der Waals surface area contributed by atoms with Crippen molar-refractivity contribution in [3.8, 4) is 17.6 Å². The molecule has 0 radical (unpaired) electrons. The van der Waals surface area contributed by atoms with Crippen LogP contribution in [0.25, 0.3) is 0 Å². The zero-order valence-electron chi connectivity index (χ0n) is 27.2. The first-order chi connectivity index (χ1) is 22.7. The number of nitrogens with one attached hydrogen (secondary N) is 2. The van der Waals surface area contributed by atoms with E-state index >= 15 is 0 Å². The van der Waals surface area contributed by atoms with E-state index in [2.05, 4.69) is 31.9 Å². The summed E-state index contributed by atoms with van der Waals surface area (Å²) in [4.78, 5) is 6.50. The number of para-hydroxylation sites is 1. The number of aliphatic hydroxyl groups excluding tert-OH is 2. The fourth-order valence-electron chi connectivity index (χ4n) is 4.67. The molecular weight excluding hydrogens is 626 g/mol. The van der Waals surface area contributed by atoms with Crippen molar-refractivity contribution in [3.63, 3.8) is 0 Å². The van der Waals surface area contributed by atoms with E-state index in [1.54, 1.807) is 6.92 Å². The standard InChI is InChI=1S/C32H43N7O7S/c1-5-12-39(13-15-40)14-19-47(42,43)29-21-27(44-3)26(20-28(29)45-4)37-38-30-23(2)25(22-33)31(34-11-17-46-18-16-41)36-32(30)35-24-9-7-6-8-10-24/h6-10,20-21,40-41H,5,11-19H2,1-4H3,(H2,34,35,36). The predicted octanol–water partition coefficient (Wildman–Crippen LogP) is 4.34. The van der Waals surface area contributed by atoms with Crippen LogP contribution in [0.3, 0.4) is 0 Å². The number of nitrogens with zero attached hydrogens (tertiary/aromatic N) is 5. The predicted molar refractivity (Wildman–Crippen MR) is 179 cm³/mol. The number of anilines is 3. The number of nitriles is 1. The van der Waals surface area contributed by atoms with Crippen molar-refractivity contribution in [2.75, 3.05) is 83.2 Å². The highest BCUT2D eigenvalue weighted by Crippen LogP contribution is 2.41. The van der Waals surface area contributed by atoms with E-state index in [4.69, 9.17) is 19.3 Å². The number of benzene rings is 2. The largest absolute Gasteiger partial charge is 0.495 e. The minimum atomic E-state index is -3.81. The quantitative estimate of drug-likeness (QED) is 0.0985. The Labute approximate surface area is 275 Å². The lowest BCUT2D eigenvalue weighted by Crippen LogP contribution is -2.32. The van der Waals surface area contributed by atoms with Gasteiger partial charge in [-0.15, -0.1) is 10.2 Å². The molecule has 0 atom stereocenters. The van der Waals surface area contributed by atoms with E-state index in [-0.39, 0.29) is 65.5 Å². The van der Waals surface area contributed by atoms with Crippen LogP contribution in [-0.4, -0.2) is 101 Å². The summed E-state index contributed by atoms with van der Waals surface area (Å²) in [6.07, 6.45) is 0.823. The Morgan fingerprint density at radius 2 is 1.72 bits per heavy atom. The SMILES string of the molecule is CCCN(CCO)CCS(=O)(=O)c1cc(OC)c(N=Nc2c(Nc3ccccc3)nc(NCCOCCO)c(C#N)c2C)cc1OC. The third-order valence-electron chi connectivity index (χ3n) is 7.03. The number of azo groups is 1. The molecule has 0 fully saturated rings. The van der Waals surface area contributed by atoms with Crippen LogP contribution in [0.5, 0.6) is 11.5 Å². The molecule has 0 unspecified atom stereocenters. The first-order valence-corrected chi connectivity index (χ1v) is 16.8. The van der Waals surface area contributed by atoms with Gasteiger partial charge in [0.05, 0.1) is 52.0 Å². The highest BCUT2D eigenvalue weighted by atomic mass is 32.2. The first kappa shape index (κ1) is 37.1. The lowest BCUT2D eigenvalue weighted by molar-refractivity contribution is 0.0992. The van der Waals surface area contributed by atoms with Gasteiger partial charge in [-0.3, -0.25) is 0 Å². The summed E-state index contributed by atoms with van der Waals surface area (Å²) in [6, 6.07) is 14.3. The number of hydrogen-bond donors (Lipinski definition) is 4. The Morgan fingerprint density at radius 1 is 0.979 bits per heavy atom. The maximum Gasteiger partial charge on any atom is 0.183 e. The van der Waals surface area contributed by atoms with E-state index in [0.717, 1.165) is 12.1 Å². The van der Waals surface area contributed by atoms with E-state index in [0.29, 0.717) is 43.4 Å². The number of pyridine rings is 1. The van der Waals surface area contributed by atoms with Crippen LogP contribution in [-0.2, 0) is 14.6 Å². The zero-order chi connectivity index (χ0) is 34.2. The monoisotopic (exact) mass is 669 g/mol. The van der Waals surface area contributed by atoms with Gasteiger partial charge < -0.3 is 40.0 Å². The van der Waals surface area contributed by atoms with Crippen LogP contribution in [0.2, 0.25) is 0 Å². The van der Waals surface area contributed by atoms with Gasteiger partial charge in [0.2, 0.25) is 0 Å². The Bertz CT molecular complexity index is 1630.